The van der Waals surface area contributed by atoms with Gasteiger partial charge in [0.2, 0.25) is 5.76 Å². The summed E-state index contributed by atoms with van der Waals surface area (Å²) in [4.78, 5) is 21.8. The summed E-state index contributed by atoms with van der Waals surface area (Å²) in [5.74, 6) is 1.25. The second kappa shape index (κ2) is 11.2. The number of methoxy groups -OCH3 is 2. The highest BCUT2D eigenvalue weighted by atomic mass is 35.5. The molecule has 1 aliphatic heterocycles. The molecule has 1 aliphatic rings. The zero-order valence-corrected chi connectivity index (χ0v) is 19.2. The summed E-state index contributed by atoms with van der Waals surface area (Å²) in [6.45, 7) is 8.00. The number of nitrogens with zero attached hydrogens (tertiary/aromatic N) is 3. The minimum atomic E-state index is -0.270. The van der Waals surface area contributed by atoms with Crippen LogP contribution in [0.1, 0.15) is 13.8 Å². The number of carbonyl (C=O) groups excluding carboxylic acids is 1. The molecule has 2 aromatic rings. The van der Waals surface area contributed by atoms with Gasteiger partial charge in [-0.2, -0.15) is 0 Å². The van der Waals surface area contributed by atoms with Crippen molar-refractivity contribution >= 4 is 32.6 Å². The van der Waals surface area contributed by atoms with Gasteiger partial charge in [0.1, 0.15) is 41.2 Å². The average Bonchev–Trinajstić information content (AvgIpc) is 3.21. The molecule has 0 unspecified atom stereocenters. The summed E-state index contributed by atoms with van der Waals surface area (Å²) in [6.07, 6.45) is 1.38. The summed E-state index contributed by atoms with van der Waals surface area (Å²) in [7, 11) is 3.21. The number of likely N-dealkylation sites (N-methyl/N-ethyl adjacent to an activating group) is 1. The van der Waals surface area contributed by atoms with E-state index >= 15 is 0 Å². The van der Waals surface area contributed by atoms with Crippen molar-refractivity contribution in [3.05, 3.63) is 24.2 Å². The number of fused-ring (bicyclic) bond motifs is 1. The zero-order valence-electron chi connectivity index (χ0n) is 17.6. The van der Waals surface area contributed by atoms with E-state index in [1.54, 1.807) is 19.1 Å². The largest absolute Gasteiger partial charge is 1.00 e. The second-order valence-electron chi connectivity index (χ2n) is 6.33. The molecule has 2 heterocycles. The van der Waals surface area contributed by atoms with Gasteiger partial charge < -0.3 is 36.3 Å². The van der Waals surface area contributed by atoms with Crippen LogP contribution in [0.3, 0.4) is 0 Å². The van der Waals surface area contributed by atoms with Crippen LogP contribution in [0, 0.1) is 0 Å². The summed E-state index contributed by atoms with van der Waals surface area (Å²) in [6, 6.07) is 3.65. The van der Waals surface area contributed by atoms with Crippen LogP contribution in [-0.4, -0.2) is 69.4 Å². The van der Waals surface area contributed by atoms with Crippen LogP contribution in [0.5, 0.6) is 11.5 Å². The van der Waals surface area contributed by atoms with Gasteiger partial charge in [0.15, 0.2) is 5.13 Å². The van der Waals surface area contributed by atoms with Gasteiger partial charge >= 0.3 is 0 Å². The zero-order chi connectivity index (χ0) is 20.8. The van der Waals surface area contributed by atoms with Gasteiger partial charge in [-0.25, -0.2) is 4.98 Å². The van der Waals surface area contributed by atoms with Crippen LogP contribution >= 0.6 is 11.3 Å². The Labute approximate surface area is 186 Å². The molecule has 1 aromatic carbocycles. The number of carbonyl (C=O) groups is 1. The number of aromatic nitrogens is 1. The molecule has 0 bridgehead atoms. The van der Waals surface area contributed by atoms with Crippen molar-refractivity contribution in [2.75, 3.05) is 58.5 Å². The standard InChI is InChI=1S/C20H27N3O5S.ClH/c1-5-22(6-2)9-10-23(19(24)16-13-27-11-12-28-16)20-21-17-14(25-3)7-8-15(26-4)18(17)29-20;/h7-8,13H,5-6,9-12H2,1-4H3;1H/p-1. The van der Waals surface area contributed by atoms with Crippen LogP contribution in [0.2, 0.25) is 0 Å². The Morgan fingerprint density at radius 1 is 1.13 bits per heavy atom. The summed E-state index contributed by atoms with van der Waals surface area (Å²) >= 11 is 1.39. The van der Waals surface area contributed by atoms with E-state index in [-0.39, 0.29) is 24.1 Å². The molecule has 10 heteroatoms. The highest BCUT2D eigenvalue weighted by molar-refractivity contribution is 7.22. The average molecular weight is 457 g/mol. The number of hydrogen-bond acceptors (Lipinski definition) is 8. The molecule has 1 amide bonds. The quantitative estimate of drug-likeness (QED) is 0.521. The Morgan fingerprint density at radius 3 is 2.43 bits per heavy atom. The van der Waals surface area contributed by atoms with E-state index in [4.69, 9.17) is 23.9 Å². The molecule has 0 spiro atoms. The Balaban J connectivity index is 0.00000320. The maximum Gasteiger partial charge on any atom is 0.298 e. The number of thiazole rings is 1. The first-order valence-electron chi connectivity index (χ1n) is 9.63. The fourth-order valence-electron chi connectivity index (χ4n) is 3.07. The Bertz CT molecular complexity index is 844. The van der Waals surface area contributed by atoms with Gasteiger partial charge in [-0.3, -0.25) is 9.69 Å². The summed E-state index contributed by atoms with van der Waals surface area (Å²) in [5.41, 5.74) is 0.669. The molecule has 0 aliphatic carbocycles. The predicted octanol–water partition coefficient (Wildman–Crippen LogP) is -0.119. The van der Waals surface area contributed by atoms with E-state index in [0.29, 0.717) is 41.9 Å². The van der Waals surface area contributed by atoms with E-state index in [2.05, 4.69) is 18.7 Å². The number of amides is 1. The lowest BCUT2D eigenvalue weighted by Crippen LogP contribution is -3.00. The Kier molecular flexibility index (Phi) is 9.01. The van der Waals surface area contributed by atoms with Crippen LogP contribution < -0.4 is 26.8 Å². The Hall–Kier alpha value is -2.23. The maximum absolute atomic E-state index is 13.2. The molecule has 3 rings (SSSR count). The van der Waals surface area contributed by atoms with Crippen molar-refractivity contribution < 1.29 is 36.1 Å². The van der Waals surface area contributed by atoms with Gasteiger partial charge in [0.05, 0.1) is 14.2 Å². The van der Waals surface area contributed by atoms with Gasteiger partial charge in [-0.1, -0.05) is 25.2 Å². The Morgan fingerprint density at radius 2 is 1.83 bits per heavy atom. The highest BCUT2D eigenvalue weighted by Crippen LogP contribution is 2.40. The van der Waals surface area contributed by atoms with Gasteiger partial charge in [0, 0.05) is 13.1 Å². The van der Waals surface area contributed by atoms with Crippen molar-refractivity contribution in [3.8, 4) is 11.5 Å². The third-order valence-electron chi connectivity index (χ3n) is 4.77. The van der Waals surface area contributed by atoms with E-state index < -0.39 is 0 Å². The lowest BCUT2D eigenvalue weighted by Gasteiger charge is -2.26. The molecule has 1 aromatic heterocycles. The molecule has 0 radical (unpaired) electrons. The van der Waals surface area contributed by atoms with Crippen LogP contribution in [0.15, 0.2) is 24.2 Å². The lowest BCUT2D eigenvalue weighted by molar-refractivity contribution is -0.119. The molecule has 0 saturated carbocycles. The molecule has 0 N–H and O–H groups in total. The van der Waals surface area contributed by atoms with Gasteiger partial charge in [-0.15, -0.1) is 0 Å². The second-order valence-corrected chi connectivity index (χ2v) is 7.31. The number of ether oxygens (including phenoxy) is 4. The summed E-state index contributed by atoms with van der Waals surface area (Å²) in [5, 5.41) is 0.565. The van der Waals surface area contributed by atoms with Crippen molar-refractivity contribution in [2.24, 2.45) is 0 Å². The van der Waals surface area contributed by atoms with Crippen molar-refractivity contribution in [3.63, 3.8) is 0 Å². The first-order valence-corrected chi connectivity index (χ1v) is 10.4. The van der Waals surface area contributed by atoms with E-state index in [9.17, 15) is 4.79 Å². The normalized spacial score (nSPS) is 13.2. The minimum Gasteiger partial charge on any atom is -1.00 e. The van der Waals surface area contributed by atoms with Gasteiger partial charge in [-0.05, 0) is 25.2 Å². The number of benzene rings is 1. The maximum atomic E-state index is 13.2. The van der Waals surface area contributed by atoms with Crippen molar-refractivity contribution in [1.82, 2.24) is 9.88 Å². The smallest absolute Gasteiger partial charge is 0.298 e. The topological polar surface area (TPSA) is 73.4 Å². The summed E-state index contributed by atoms with van der Waals surface area (Å²) < 4.78 is 22.6. The third kappa shape index (κ3) is 5.08. The van der Waals surface area contributed by atoms with Crippen LogP contribution in [0.4, 0.5) is 5.13 Å². The predicted molar refractivity (Wildman–Crippen MR) is 113 cm³/mol. The van der Waals surface area contributed by atoms with E-state index in [0.717, 1.165) is 24.3 Å². The molecular weight excluding hydrogens is 430 g/mol. The first-order chi connectivity index (χ1) is 14.1. The highest BCUT2D eigenvalue weighted by Gasteiger charge is 2.27. The monoisotopic (exact) mass is 456 g/mol. The lowest BCUT2D eigenvalue weighted by atomic mass is 10.3. The number of rotatable bonds is 9. The molecule has 30 heavy (non-hydrogen) atoms. The molecule has 8 nitrogen and oxygen atoms in total. The van der Waals surface area contributed by atoms with Gasteiger partial charge in [0.25, 0.3) is 5.91 Å². The van der Waals surface area contributed by atoms with E-state index in [1.165, 1.54) is 17.6 Å². The fraction of sp³-hybridized carbons (Fsp3) is 0.500. The fourth-order valence-corrected chi connectivity index (χ4v) is 4.17. The van der Waals surface area contributed by atoms with Crippen LogP contribution in [0.25, 0.3) is 10.2 Å². The van der Waals surface area contributed by atoms with E-state index in [1.807, 2.05) is 12.1 Å². The number of hydrogen-bond donors (Lipinski definition) is 0. The molecule has 166 valence electrons. The number of anilines is 1. The molecule has 0 fully saturated rings. The van der Waals surface area contributed by atoms with Crippen LogP contribution in [-0.2, 0) is 14.3 Å². The third-order valence-corrected chi connectivity index (χ3v) is 5.86. The minimum absolute atomic E-state index is 0. The van der Waals surface area contributed by atoms with Crippen molar-refractivity contribution in [2.45, 2.75) is 13.8 Å². The molecule has 0 saturated heterocycles. The number of halogens is 1. The first kappa shape index (κ1) is 24.0. The molecular formula is C20H27ClN3O5S-. The van der Waals surface area contributed by atoms with Crippen molar-refractivity contribution in [1.29, 1.82) is 0 Å². The molecule has 0 atom stereocenters. The SMILES string of the molecule is CCN(CC)CCN(C(=O)C1=COCCO1)c1nc2c(OC)ccc(OC)c2s1.[Cl-].